The fraction of sp³-hybridized carbons (Fsp3) is 0.500. The molecule has 1 aromatic carbocycles. The summed E-state index contributed by atoms with van der Waals surface area (Å²) in [6.07, 6.45) is 0.458. The van der Waals surface area contributed by atoms with Gasteiger partial charge in [-0.15, -0.1) is 0 Å². The predicted molar refractivity (Wildman–Crippen MR) is 86.1 cm³/mol. The molecule has 0 N–H and O–H groups in total. The van der Waals surface area contributed by atoms with Crippen molar-refractivity contribution in [2.24, 2.45) is 0 Å². The average Bonchev–Trinajstić information content (AvgIpc) is 3.09. The summed E-state index contributed by atoms with van der Waals surface area (Å²) in [5, 5.41) is 0. The van der Waals surface area contributed by atoms with E-state index in [0.717, 1.165) is 6.42 Å². The number of ether oxygens (including phenoxy) is 4. The number of hydrogen-bond acceptors (Lipinski definition) is 8. The zero-order chi connectivity index (χ0) is 18.5. The summed E-state index contributed by atoms with van der Waals surface area (Å²) in [4.78, 5) is 39.5. The van der Waals surface area contributed by atoms with Crippen molar-refractivity contribution >= 4 is 18.1 Å². The fourth-order valence-electron chi connectivity index (χ4n) is 4.42. The molecule has 3 fully saturated rings. The Balaban J connectivity index is 1.79. The van der Waals surface area contributed by atoms with Crippen LogP contribution in [0.1, 0.15) is 29.6 Å². The monoisotopic (exact) mass is 361 g/mol. The van der Waals surface area contributed by atoms with Gasteiger partial charge in [0.2, 0.25) is 0 Å². The summed E-state index contributed by atoms with van der Waals surface area (Å²) in [7, 11) is 3.05. The van der Waals surface area contributed by atoms with Gasteiger partial charge in [-0.25, -0.2) is 14.4 Å². The SMILES string of the molecule is COC(=O)[C@]12OC(=O)O[C@@]1(OC(=O)c1ccccc1)C[C@H]1CC[C@@H]2N1C. The quantitative estimate of drug-likeness (QED) is 0.591. The molecule has 3 heterocycles. The van der Waals surface area contributed by atoms with Crippen LogP contribution >= 0.6 is 0 Å². The first kappa shape index (κ1) is 16.8. The molecule has 0 saturated carbocycles. The Labute approximate surface area is 149 Å². The lowest BCUT2D eigenvalue weighted by molar-refractivity contribution is -0.253. The summed E-state index contributed by atoms with van der Waals surface area (Å²) in [5.41, 5.74) is -1.56. The third-order valence-electron chi connectivity index (χ3n) is 5.63. The molecule has 26 heavy (non-hydrogen) atoms. The Morgan fingerprint density at radius 3 is 2.62 bits per heavy atom. The van der Waals surface area contributed by atoms with E-state index >= 15 is 0 Å². The number of hydrogen-bond donors (Lipinski definition) is 0. The summed E-state index contributed by atoms with van der Waals surface area (Å²) in [6.45, 7) is 0. The molecule has 0 amide bonds. The molecule has 0 unspecified atom stereocenters. The van der Waals surface area contributed by atoms with E-state index in [1.54, 1.807) is 30.3 Å². The number of benzene rings is 1. The smallest absolute Gasteiger partial charge is 0.466 e. The van der Waals surface area contributed by atoms with Gasteiger partial charge in [-0.3, -0.25) is 4.90 Å². The van der Waals surface area contributed by atoms with Crippen LogP contribution in [0.3, 0.4) is 0 Å². The highest BCUT2D eigenvalue weighted by Crippen LogP contribution is 2.54. The number of nitrogens with zero attached hydrogens (tertiary/aromatic N) is 1. The lowest BCUT2D eigenvalue weighted by atomic mass is 9.79. The largest absolute Gasteiger partial charge is 0.513 e. The Bertz CT molecular complexity index is 766. The molecule has 0 spiro atoms. The summed E-state index contributed by atoms with van der Waals surface area (Å²) in [5.74, 6) is -3.33. The number of esters is 2. The van der Waals surface area contributed by atoms with Crippen LogP contribution in [-0.2, 0) is 23.7 Å². The Kier molecular flexibility index (Phi) is 3.69. The Morgan fingerprint density at radius 2 is 1.92 bits per heavy atom. The van der Waals surface area contributed by atoms with E-state index < -0.39 is 35.5 Å². The van der Waals surface area contributed by atoms with Gasteiger partial charge in [0.25, 0.3) is 0 Å². The normalized spacial score (nSPS) is 35.2. The summed E-state index contributed by atoms with van der Waals surface area (Å²) in [6, 6.07) is 7.82. The average molecular weight is 361 g/mol. The van der Waals surface area contributed by atoms with Crippen LogP contribution in [0.2, 0.25) is 0 Å². The first-order chi connectivity index (χ1) is 12.4. The van der Waals surface area contributed by atoms with Crippen LogP contribution in [0.25, 0.3) is 0 Å². The van der Waals surface area contributed by atoms with Crippen molar-refractivity contribution in [3.05, 3.63) is 35.9 Å². The Morgan fingerprint density at radius 1 is 1.19 bits per heavy atom. The molecular weight excluding hydrogens is 342 g/mol. The molecular formula is C18H19NO7. The third kappa shape index (κ3) is 2.08. The molecule has 3 aliphatic heterocycles. The van der Waals surface area contributed by atoms with Crippen molar-refractivity contribution in [3.8, 4) is 0 Å². The van der Waals surface area contributed by atoms with Crippen molar-refractivity contribution in [1.29, 1.82) is 0 Å². The lowest BCUT2D eigenvalue weighted by Crippen LogP contribution is -2.72. The van der Waals surface area contributed by atoms with Gasteiger partial charge in [0, 0.05) is 12.5 Å². The summed E-state index contributed by atoms with van der Waals surface area (Å²) >= 11 is 0. The second kappa shape index (κ2) is 5.70. The second-order valence-corrected chi connectivity index (χ2v) is 6.81. The van der Waals surface area contributed by atoms with E-state index in [0.29, 0.717) is 6.42 Å². The third-order valence-corrected chi connectivity index (χ3v) is 5.63. The molecule has 0 aliphatic carbocycles. The summed E-state index contributed by atoms with van der Waals surface area (Å²) < 4.78 is 21.4. The van der Waals surface area contributed by atoms with Gasteiger partial charge >= 0.3 is 29.5 Å². The second-order valence-electron chi connectivity index (χ2n) is 6.81. The molecule has 4 atom stereocenters. The molecule has 0 aromatic heterocycles. The highest BCUT2D eigenvalue weighted by Gasteiger charge is 2.80. The minimum Gasteiger partial charge on any atom is -0.466 e. The Hall–Kier alpha value is -2.61. The van der Waals surface area contributed by atoms with Gasteiger partial charge in [-0.05, 0) is 32.0 Å². The number of piperidine rings is 1. The minimum absolute atomic E-state index is 0.00384. The van der Waals surface area contributed by atoms with Gasteiger partial charge < -0.3 is 18.9 Å². The number of likely N-dealkylation sites (N-methyl/N-ethyl adjacent to an activating group) is 1. The molecule has 8 heteroatoms. The van der Waals surface area contributed by atoms with Crippen LogP contribution in [0.4, 0.5) is 4.79 Å². The van der Waals surface area contributed by atoms with E-state index in [-0.39, 0.29) is 18.0 Å². The number of fused-ring (bicyclic) bond motifs is 4. The van der Waals surface area contributed by atoms with Crippen molar-refractivity contribution < 1.29 is 33.3 Å². The predicted octanol–water partition coefficient (Wildman–Crippen LogP) is 1.48. The first-order valence-corrected chi connectivity index (χ1v) is 8.44. The zero-order valence-electron chi connectivity index (χ0n) is 14.5. The molecule has 1 aromatic rings. The van der Waals surface area contributed by atoms with Crippen molar-refractivity contribution in [2.45, 2.75) is 42.7 Å². The molecule has 0 radical (unpaired) electrons. The number of rotatable bonds is 3. The molecule has 2 bridgehead atoms. The van der Waals surface area contributed by atoms with E-state index in [2.05, 4.69) is 0 Å². The van der Waals surface area contributed by atoms with Crippen molar-refractivity contribution in [1.82, 2.24) is 4.90 Å². The molecule has 8 nitrogen and oxygen atoms in total. The maximum absolute atomic E-state index is 12.8. The van der Waals surface area contributed by atoms with Crippen LogP contribution in [0.5, 0.6) is 0 Å². The molecule has 138 valence electrons. The fourth-order valence-corrected chi connectivity index (χ4v) is 4.42. The van der Waals surface area contributed by atoms with Crippen molar-refractivity contribution in [3.63, 3.8) is 0 Å². The molecule has 3 saturated heterocycles. The zero-order valence-corrected chi connectivity index (χ0v) is 14.5. The van der Waals surface area contributed by atoms with E-state index in [4.69, 9.17) is 18.9 Å². The van der Waals surface area contributed by atoms with E-state index in [1.807, 2.05) is 11.9 Å². The highest BCUT2D eigenvalue weighted by molar-refractivity contribution is 5.92. The number of carbonyl (C=O) groups excluding carboxylic acids is 3. The van der Waals surface area contributed by atoms with E-state index in [9.17, 15) is 14.4 Å². The highest BCUT2D eigenvalue weighted by atomic mass is 16.9. The molecule has 4 rings (SSSR count). The van der Waals surface area contributed by atoms with Gasteiger partial charge in [0.15, 0.2) is 0 Å². The van der Waals surface area contributed by atoms with Gasteiger partial charge in [-0.2, -0.15) is 0 Å². The lowest BCUT2D eigenvalue weighted by Gasteiger charge is -2.48. The standard InChI is InChI=1S/C18H19NO7/c1-19-12-8-9-13(19)18(15(21)23-2)17(10-12,25-16(22)26-18)24-14(20)11-6-4-3-5-7-11/h3-7,12-13H,8-10H2,1-2H3/t12-,13+,17+,18+/m1/s1. The maximum Gasteiger partial charge on any atom is 0.513 e. The van der Waals surface area contributed by atoms with Crippen molar-refractivity contribution in [2.75, 3.05) is 14.2 Å². The number of methoxy groups -OCH3 is 1. The van der Waals surface area contributed by atoms with Gasteiger partial charge in [0.1, 0.15) is 0 Å². The van der Waals surface area contributed by atoms with Crippen LogP contribution in [0, 0.1) is 0 Å². The molecule has 3 aliphatic rings. The van der Waals surface area contributed by atoms with Gasteiger partial charge in [0.05, 0.1) is 18.7 Å². The van der Waals surface area contributed by atoms with Crippen LogP contribution in [0.15, 0.2) is 30.3 Å². The topological polar surface area (TPSA) is 91.4 Å². The van der Waals surface area contributed by atoms with Crippen LogP contribution < -0.4 is 0 Å². The minimum atomic E-state index is -1.84. The first-order valence-electron chi connectivity index (χ1n) is 8.44. The van der Waals surface area contributed by atoms with E-state index in [1.165, 1.54) is 7.11 Å². The maximum atomic E-state index is 12.8. The van der Waals surface area contributed by atoms with Crippen LogP contribution in [-0.4, -0.2) is 60.6 Å². The number of carbonyl (C=O) groups is 3. The van der Waals surface area contributed by atoms with Gasteiger partial charge in [-0.1, -0.05) is 18.2 Å².